The lowest BCUT2D eigenvalue weighted by Gasteiger charge is -2.37. The lowest BCUT2D eigenvalue weighted by atomic mass is 9.70. The summed E-state index contributed by atoms with van der Waals surface area (Å²) < 4.78 is 12.1. The second-order valence-electron chi connectivity index (χ2n) is 11.7. The number of ether oxygens (including phenoxy) is 2. The Balaban J connectivity index is 1.62. The minimum atomic E-state index is -1.23. The first kappa shape index (κ1) is 33.9. The molecule has 3 heterocycles. The predicted octanol–water partition coefficient (Wildman–Crippen LogP) is 3.30. The van der Waals surface area contributed by atoms with Gasteiger partial charge >= 0.3 is 5.97 Å². The van der Waals surface area contributed by atoms with E-state index in [9.17, 15) is 24.3 Å². The van der Waals surface area contributed by atoms with Crippen LogP contribution in [0.2, 0.25) is 0 Å². The molecule has 3 aliphatic heterocycles. The number of nitrogens with one attached hydrogen (secondary N) is 1. The molecule has 0 saturated carbocycles. The molecule has 3 saturated heterocycles. The molecule has 2 bridgehead atoms. The van der Waals surface area contributed by atoms with Crippen LogP contribution in [0.1, 0.15) is 57.1 Å². The topological polar surface area (TPSA) is 125 Å². The van der Waals surface area contributed by atoms with Crippen molar-refractivity contribution in [3.05, 3.63) is 61.2 Å². The number of alkyl halides is 1. The van der Waals surface area contributed by atoms with E-state index < -0.39 is 47.5 Å². The maximum atomic E-state index is 14.2. The first-order chi connectivity index (χ1) is 21.2. The van der Waals surface area contributed by atoms with Crippen LogP contribution in [0.3, 0.4) is 0 Å². The van der Waals surface area contributed by atoms with E-state index in [-0.39, 0.29) is 42.8 Å². The molecule has 0 radical (unpaired) electrons. The summed E-state index contributed by atoms with van der Waals surface area (Å²) in [6.45, 7) is 9.89. The standard InChI is InChI=1S/C33H44BrN3O7/c1-4-7-12-17-36(16-6-3)32(42)29-33-20-23(34)28(44-33)26(27(33)31(41)37(29)18-19-38)30(40)35-24(22-13-10-9-11-14-22)21-43-25(39)15-8-5-2/h5-6,9-11,13-14,23-24,26-29,38H,2-4,7-8,12,15-21H2,1H3,(H,35,40)/t23?,24-,26+,27-,28+,29+,33-/m0/s1. The molecule has 3 amide bonds. The quantitative estimate of drug-likeness (QED) is 0.113. The van der Waals surface area contributed by atoms with Gasteiger partial charge in [0.25, 0.3) is 0 Å². The number of halogens is 1. The highest BCUT2D eigenvalue weighted by Crippen LogP contribution is 2.60. The summed E-state index contributed by atoms with van der Waals surface area (Å²) in [4.78, 5) is 57.5. The third kappa shape index (κ3) is 6.79. The molecule has 1 spiro atoms. The lowest BCUT2D eigenvalue weighted by Crippen LogP contribution is -2.57. The van der Waals surface area contributed by atoms with Gasteiger partial charge in [0.15, 0.2) is 0 Å². The SMILES string of the molecule is C=CCCC(=O)OC[C@H](NC(=O)[C@H]1[C@@H]2O[C@@]3(CC2Br)[C@@H]1C(=O)N(CCO)[C@@H]3C(=O)N(CC=C)CCCCC)c1ccccc1. The normalized spacial score (nSPS) is 27.5. The zero-order valence-electron chi connectivity index (χ0n) is 25.4. The van der Waals surface area contributed by atoms with Gasteiger partial charge in [-0.15, -0.1) is 13.2 Å². The monoisotopic (exact) mass is 673 g/mol. The minimum Gasteiger partial charge on any atom is -0.463 e. The zero-order valence-corrected chi connectivity index (χ0v) is 27.0. The predicted molar refractivity (Wildman–Crippen MR) is 169 cm³/mol. The minimum absolute atomic E-state index is 0.0486. The zero-order chi connectivity index (χ0) is 31.9. The van der Waals surface area contributed by atoms with Crippen LogP contribution in [0, 0.1) is 11.8 Å². The Morgan fingerprint density at radius 2 is 2.00 bits per heavy atom. The number of hydrogen-bond donors (Lipinski definition) is 2. The number of carbonyl (C=O) groups excluding carboxylic acids is 4. The number of β-amino-alcohol motifs (C(OH)–C–C–N with tert-alkyl or cyclic N) is 1. The number of allylic oxidation sites excluding steroid dienone is 1. The van der Waals surface area contributed by atoms with Crippen molar-refractivity contribution in [3.8, 4) is 0 Å². The van der Waals surface area contributed by atoms with Crippen molar-refractivity contribution in [1.82, 2.24) is 15.1 Å². The van der Waals surface area contributed by atoms with E-state index in [1.54, 1.807) is 17.1 Å². The van der Waals surface area contributed by atoms with Gasteiger partial charge < -0.3 is 29.7 Å². The van der Waals surface area contributed by atoms with Crippen LogP contribution in [0.4, 0.5) is 0 Å². The molecule has 4 rings (SSSR count). The lowest BCUT2D eigenvalue weighted by molar-refractivity contribution is -0.148. The number of esters is 1. The van der Waals surface area contributed by atoms with Gasteiger partial charge in [0.1, 0.15) is 18.2 Å². The molecule has 1 unspecified atom stereocenters. The molecule has 10 nitrogen and oxygen atoms in total. The molecule has 44 heavy (non-hydrogen) atoms. The fraction of sp³-hybridized carbons (Fsp3) is 0.576. The first-order valence-corrected chi connectivity index (χ1v) is 16.4. The number of unbranched alkanes of at least 4 members (excludes halogenated alkanes) is 2. The van der Waals surface area contributed by atoms with Gasteiger partial charge in [0.2, 0.25) is 17.7 Å². The summed E-state index contributed by atoms with van der Waals surface area (Å²) in [6.07, 6.45) is 6.44. The summed E-state index contributed by atoms with van der Waals surface area (Å²) in [6, 6.07) is 7.54. The van der Waals surface area contributed by atoms with E-state index in [1.807, 2.05) is 30.3 Å². The molecule has 2 N–H and O–H groups in total. The fourth-order valence-corrected chi connectivity index (χ4v) is 7.82. The Kier molecular flexibility index (Phi) is 11.8. The second-order valence-corrected chi connectivity index (χ2v) is 12.9. The molecule has 3 aliphatic rings. The van der Waals surface area contributed by atoms with E-state index in [0.29, 0.717) is 25.9 Å². The molecule has 1 aromatic rings. The number of likely N-dealkylation sites (tertiary alicyclic amines) is 1. The summed E-state index contributed by atoms with van der Waals surface area (Å²) in [5, 5.41) is 12.9. The summed E-state index contributed by atoms with van der Waals surface area (Å²) >= 11 is 3.69. The average molecular weight is 675 g/mol. The Hall–Kier alpha value is -3.02. The Morgan fingerprint density at radius 1 is 1.25 bits per heavy atom. The van der Waals surface area contributed by atoms with Crippen molar-refractivity contribution in [2.45, 2.75) is 74.1 Å². The number of benzene rings is 1. The van der Waals surface area contributed by atoms with Crippen molar-refractivity contribution in [3.63, 3.8) is 0 Å². The van der Waals surface area contributed by atoms with Crippen molar-refractivity contribution in [1.29, 1.82) is 0 Å². The molecule has 1 aromatic carbocycles. The summed E-state index contributed by atoms with van der Waals surface area (Å²) in [5.41, 5.74) is -0.486. The number of aliphatic hydroxyl groups is 1. The largest absolute Gasteiger partial charge is 0.463 e. The Bertz CT molecular complexity index is 1210. The maximum absolute atomic E-state index is 14.2. The van der Waals surface area contributed by atoms with Crippen molar-refractivity contribution >= 4 is 39.6 Å². The van der Waals surface area contributed by atoms with Gasteiger partial charge in [-0.05, 0) is 24.8 Å². The maximum Gasteiger partial charge on any atom is 0.306 e. The van der Waals surface area contributed by atoms with Crippen LogP contribution in [0.25, 0.3) is 0 Å². The molecule has 3 fully saturated rings. The highest BCUT2D eigenvalue weighted by molar-refractivity contribution is 9.09. The van der Waals surface area contributed by atoms with E-state index in [2.05, 4.69) is 41.3 Å². The smallest absolute Gasteiger partial charge is 0.306 e. The van der Waals surface area contributed by atoms with Crippen LogP contribution in [0.15, 0.2) is 55.6 Å². The average Bonchev–Trinajstić information content (AvgIpc) is 3.61. The molecule has 11 heteroatoms. The number of rotatable bonds is 17. The van der Waals surface area contributed by atoms with Gasteiger partial charge in [-0.1, -0.05) is 78.2 Å². The third-order valence-electron chi connectivity index (χ3n) is 8.84. The third-order valence-corrected chi connectivity index (χ3v) is 9.69. The number of fused-ring (bicyclic) bond motifs is 1. The molecular formula is C33H44BrN3O7. The number of aliphatic hydroxyl groups excluding tert-OH is 1. The number of amides is 3. The van der Waals surface area contributed by atoms with E-state index in [1.165, 1.54) is 4.90 Å². The fourth-order valence-electron chi connectivity index (χ4n) is 6.87. The highest BCUT2D eigenvalue weighted by Gasteiger charge is 2.76. The van der Waals surface area contributed by atoms with Crippen LogP contribution >= 0.6 is 15.9 Å². The van der Waals surface area contributed by atoms with Crippen molar-refractivity contribution in [2.24, 2.45) is 11.8 Å². The Labute approximate surface area is 267 Å². The Morgan fingerprint density at radius 3 is 2.66 bits per heavy atom. The van der Waals surface area contributed by atoms with Gasteiger partial charge in [0.05, 0.1) is 30.6 Å². The molecule has 0 aromatic heterocycles. The number of hydrogen-bond acceptors (Lipinski definition) is 7. The second kappa shape index (κ2) is 15.3. The molecule has 240 valence electrons. The van der Waals surface area contributed by atoms with Crippen LogP contribution in [-0.2, 0) is 28.7 Å². The van der Waals surface area contributed by atoms with Gasteiger partial charge in [0, 0.05) is 30.9 Å². The van der Waals surface area contributed by atoms with E-state index >= 15 is 0 Å². The van der Waals surface area contributed by atoms with Gasteiger partial charge in [-0.2, -0.15) is 0 Å². The van der Waals surface area contributed by atoms with Gasteiger partial charge in [-0.25, -0.2) is 0 Å². The molecular weight excluding hydrogens is 630 g/mol. The van der Waals surface area contributed by atoms with E-state index in [4.69, 9.17) is 9.47 Å². The number of carbonyl (C=O) groups is 4. The number of nitrogens with zero attached hydrogens (tertiary/aromatic N) is 2. The van der Waals surface area contributed by atoms with E-state index in [0.717, 1.165) is 24.8 Å². The molecule has 0 aliphatic carbocycles. The van der Waals surface area contributed by atoms with Gasteiger partial charge in [-0.3, -0.25) is 19.2 Å². The first-order valence-electron chi connectivity index (χ1n) is 15.5. The van der Waals surface area contributed by atoms with Crippen molar-refractivity contribution < 1.29 is 33.8 Å². The van der Waals surface area contributed by atoms with Crippen molar-refractivity contribution in [2.75, 3.05) is 32.8 Å². The van der Waals surface area contributed by atoms with Crippen LogP contribution < -0.4 is 5.32 Å². The summed E-state index contributed by atoms with van der Waals surface area (Å²) in [7, 11) is 0. The highest BCUT2D eigenvalue weighted by atomic mass is 79.9. The van der Waals surface area contributed by atoms with Crippen LogP contribution in [0.5, 0.6) is 0 Å². The molecule has 7 atom stereocenters. The van der Waals surface area contributed by atoms with Crippen LogP contribution in [-0.4, -0.2) is 94.0 Å². The summed E-state index contributed by atoms with van der Waals surface area (Å²) in [5.74, 6) is -3.26.